The van der Waals surface area contributed by atoms with Crippen LogP contribution < -0.4 is 0 Å². The molecule has 1 atom stereocenters. The highest BCUT2D eigenvalue weighted by Gasteiger charge is 1.99. The molecule has 0 amide bonds. The Labute approximate surface area is 56.8 Å². The topological polar surface area (TPSA) is 13.1 Å². The molecule has 2 heteroatoms. The van der Waals surface area contributed by atoms with Gasteiger partial charge in [0.05, 0.1) is 11.1 Å². The lowest BCUT2D eigenvalue weighted by atomic mass is 10.4. The third-order valence-corrected chi connectivity index (χ3v) is 1.39. The van der Waals surface area contributed by atoms with Crippen molar-refractivity contribution in [3.05, 3.63) is 24.2 Å². The van der Waals surface area contributed by atoms with Gasteiger partial charge in [0.2, 0.25) is 0 Å². The Balaban J connectivity index is 2.77. The van der Waals surface area contributed by atoms with Gasteiger partial charge in [0, 0.05) is 0 Å². The molecule has 44 valence electrons. The molecule has 0 aliphatic heterocycles. The molecule has 1 aromatic heterocycles. The molecule has 0 spiro atoms. The summed E-state index contributed by atoms with van der Waals surface area (Å²) in [5, 5.41) is 0. The molecule has 0 saturated carbocycles. The van der Waals surface area contributed by atoms with Crippen LogP contribution in [0.3, 0.4) is 0 Å². The van der Waals surface area contributed by atoms with Gasteiger partial charge >= 0.3 is 0 Å². The maximum atomic E-state index is 5.05. The van der Waals surface area contributed by atoms with Gasteiger partial charge in [-0.3, -0.25) is 0 Å². The lowest BCUT2D eigenvalue weighted by molar-refractivity contribution is 0.515. The predicted octanol–water partition coefficient (Wildman–Crippen LogP) is 2.74. The average molecular weight is 175 g/mol. The largest absolute Gasteiger partial charge is 0.468 e. The summed E-state index contributed by atoms with van der Waals surface area (Å²) >= 11 is 3.37. The number of hydrogen-bond acceptors (Lipinski definition) is 1. The van der Waals surface area contributed by atoms with E-state index in [1.807, 2.05) is 19.1 Å². The van der Waals surface area contributed by atoms with Crippen molar-refractivity contribution in [3.8, 4) is 0 Å². The minimum absolute atomic E-state index is 0.331. The third kappa shape index (κ3) is 1.13. The number of halogens is 1. The number of alkyl halides is 1. The molecule has 1 rings (SSSR count). The minimum atomic E-state index is 0.331. The van der Waals surface area contributed by atoms with Crippen molar-refractivity contribution in [2.24, 2.45) is 0 Å². The average Bonchev–Trinajstić information content (AvgIpc) is 2.12. The van der Waals surface area contributed by atoms with Gasteiger partial charge in [-0.1, -0.05) is 15.9 Å². The Morgan fingerprint density at radius 3 is 2.75 bits per heavy atom. The first-order chi connectivity index (χ1) is 3.80. The van der Waals surface area contributed by atoms with E-state index >= 15 is 0 Å². The number of furan rings is 1. The van der Waals surface area contributed by atoms with Gasteiger partial charge in [0.1, 0.15) is 5.76 Å². The van der Waals surface area contributed by atoms with E-state index < -0.39 is 0 Å². The van der Waals surface area contributed by atoms with E-state index in [4.69, 9.17) is 4.42 Å². The summed E-state index contributed by atoms with van der Waals surface area (Å²) < 4.78 is 5.05. The lowest BCUT2D eigenvalue weighted by Gasteiger charge is -1.92. The second kappa shape index (κ2) is 2.35. The Morgan fingerprint density at radius 1 is 1.75 bits per heavy atom. The van der Waals surface area contributed by atoms with Crippen LogP contribution in [0.15, 0.2) is 22.8 Å². The van der Waals surface area contributed by atoms with Crippen molar-refractivity contribution < 1.29 is 4.42 Å². The number of rotatable bonds is 1. The van der Waals surface area contributed by atoms with Gasteiger partial charge in [0.25, 0.3) is 0 Å². The van der Waals surface area contributed by atoms with Crippen LogP contribution in [0.5, 0.6) is 0 Å². The predicted molar refractivity (Wildman–Crippen MR) is 36.1 cm³/mol. The molecule has 0 fully saturated rings. The summed E-state index contributed by atoms with van der Waals surface area (Å²) in [7, 11) is 0. The maximum Gasteiger partial charge on any atom is 0.117 e. The van der Waals surface area contributed by atoms with Crippen LogP contribution >= 0.6 is 15.9 Å². The summed E-state index contributed by atoms with van der Waals surface area (Å²) in [4.78, 5) is 0.331. The summed E-state index contributed by atoms with van der Waals surface area (Å²) in [6.07, 6.45) is 1.67. The smallest absolute Gasteiger partial charge is 0.117 e. The normalized spacial score (nSPS) is 13.8. The fourth-order valence-electron chi connectivity index (χ4n) is 0.518. The molecule has 0 aromatic carbocycles. The van der Waals surface area contributed by atoms with Gasteiger partial charge in [-0.2, -0.15) is 0 Å². The van der Waals surface area contributed by atoms with E-state index in [-0.39, 0.29) is 0 Å². The zero-order valence-electron chi connectivity index (χ0n) is 4.60. The van der Waals surface area contributed by atoms with Gasteiger partial charge in [-0.05, 0) is 19.1 Å². The van der Waals surface area contributed by atoms with Crippen molar-refractivity contribution in [2.45, 2.75) is 11.8 Å². The molecule has 0 aliphatic carbocycles. The van der Waals surface area contributed by atoms with Crippen molar-refractivity contribution in [1.82, 2.24) is 0 Å². The molecule has 1 heterocycles. The standard InChI is InChI=1S/C6H7BrO/c1-5(7)6-3-2-4-8-6/h2-5H,1H3. The zero-order valence-corrected chi connectivity index (χ0v) is 6.18. The van der Waals surface area contributed by atoms with Crippen LogP contribution in [0.25, 0.3) is 0 Å². The van der Waals surface area contributed by atoms with E-state index in [0.717, 1.165) is 5.76 Å². The van der Waals surface area contributed by atoms with Gasteiger partial charge in [0.15, 0.2) is 0 Å². The van der Waals surface area contributed by atoms with Gasteiger partial charge < -0.3 is 4.42 Å². The number of hydrogen-bond donors (Lipinski definition) is 0. The highest BCUT2D eigenvalue weighted by atomic mass is 79.9. The van der Waals surface area contributed by atoms with E-state index in [0.29, 0.717) is 4.83 Å². The van der Waals surface area contributed by atoms with Crippen LogP contribution in [0, 0.1) is 0 Å². The van der Waals surface area contributed by atoms with Crippen LogP contribution in [0.2, 0.25) is 0 Å². The van der Waals surface area contributed by atoms with Gasteiger partial charge in [-0.25, -0.2) is 0 Å². The Bertz CT molecular complexity index is 144. The Morgan fingerprint density at radius 2 is 2.50 bits per heavy atom. The molecular formula is C6H7BrO. The molecule has 1 nitrogen and oxygen atoms in total. The molecule has 8 heavy (non-hydrogen) atoms. The van der Waals surface area contributed by atoms with Crippen LogP contribution in [0.1, 0.15) is 17.5 Å². The SMILES string of the molecule is CC(Br)c1ccco1. The molecular weight excluding hydrogens is 168 g/mol. The van der Waals surface area contributed by atoms with E-state index in [9.17, 15) is 0 Å². The molecule has 0 N–H and O–H groups in total. The first-order valence-corrected chi connectivity index (χ1v) is 3.40. The quantitative estimate of drug-likeness (QED) is 0.598. The maximum absolute atomic E-state index is 5.05. The monoisotopic (exact) mass is 174 g/mol. The fraction of sp³-hybridized carbons (Fsp3) is 0.333. The first kappa shape index (κ1) is 5.89. The summed E-state index contributed by atoms with van der Waals surface area (Å²) in [6.45, 7) is 2.03. The molecule has 1 unspecified atom stereocenters. The minimum Gasteiger partial charge on any atom is -0.468 e. The van der Waals surface area contributed by atoms with Crippen molar-refractivity contribution in [3.63, 3.8) is 0 Å². The van der Waals surface area contributed by atoms with E-state index in [1.54, 1.807) is 6.26 Å². The van der Waals surface area contributed by atoms with Crippen molar-refractivity contribution in [2.75, 3.05) is 0 Å². The Kier molecular flexibility index (Phi) is 1.73. The lowest BCUT2D eigenvalue weighted by Crippen LogP contribution is -1.74. The highest BCUT2D eigenvalue weighted by Crippen LogP contribution is 2.20. The fourth-order valence-corrected chi connectivity index (χ4v) is 0.778. The van der Waals surface area contributed by atoms with E-state index in [1.165, 1.54) is 0 Å². The molecule has 0 bridgehead atoms. The van der Waals surface area contributed by atoms with Crippen molar-refractivity contribution in [1.29, 1.82) is 0 Å². The van der Waals surface area contributed by atoms with Crippen molar-refractivity contribution >= 4 is 15.9 Å². The summed E-state index contributed by atoms with van der Waals surface area (Å²) in [5.74, 6) is 0.977. The van der Waals surface area contributed by atoms with Crippen LogP contribution in [-0.4, -0.2) is 0 Å². The zero-order chi connectivity index (χ0) is 5.98. The second-order valence-electron chi connectivity index (χ2n) is 1.63. The second-order valence-corrected chi connectivity index (χ2v) is 3.00. The third-order valence-electron chi connectivity index (χ3n) is 0.935. The highest BCUT2D eigenvalue weighted by molar-refractivity contribution is 9.09. The molecule has 0 radical (unpaired) electrons. The summed E-state index contributed by atoms with van der Waals surface area (Å²) in [6, 6.07) is 3.83. The first-order valence-electron chi connectivity index (χ1n) is 2.48. The van der Waals surface area contributed by atoms with Crippen LogP contribution in [-0.2, 0) is 0 Å². The van der Waals surface area contributed by atoms with E-state index in [2.05, 4.69) is 15.9 Å². The molecule has 0 aliphatic rings. The van der Waals surface area contributed by atoms with Crippen LogP contribution in [0.4, 0.5) is 0 Å². The van der Waals surface area contributed by atoms with Gasteiger partial charge in [-0.15, -0.1) is 0 Å². The Hall–Kier alpha value is -0.240. The molecule has 1 aromatic rings. The summed E-state index contributed by atoms with van der Waals surface area (Å²) in [5.41, 5.74) is 0. The molecule has 0 saturated heterocycles.